The number of H-pyrrole nitrogens is 1. The molecule has 0 radical (unpaired) electrons. The molecule has 1 aliphatic rings. The number of aryl methyl sites for hydroxylation is 1. The van der Waals surface area contributed by atoms with Gasteiger partial charge in [-0.3, -0.25) is 23.4 Å². The van der Waals surface area contributed by atoms with E-state index in [1.54, 1.807) is 17.2 Å². The number of halogens is 3. The molecule has 4 heterocycles. The van der Waals surface area contributed by atoms with Gasteiger partial charge in [0.25, 0.3) is 5.56 Å². The predicted octanol–water partition coefficient (Wildman–Crippen LogP) is 3.96. The zero-order valence-electron chi connectivity index (χ0n) is 24.8. The average Bonchev–Trinajstić information content (AvgIpc) is 3.66. The second-order valence-corrected chi connectivity index (χ2v) is 10.0. The molecule has 1 amide bonds. The molecule has 232 valence electrons. The van der Waals surface area contributed by atoms with E-state index in [1.165, 1.54) is 26.1 Å². The second kappa shape index (κ2) is 13.3. The largest absolute Gasteiger partial charge is 0.416 e. The van der Waals surface area contributed by atoms with E-state index in [9.17, 15) is 27.6 Å². The van der Waals surface area contributed by atoms with Crippen LogP contribution >= 0.6 is 0 Å². The molecule has 1 aromatic carbocycles. The van der Waals surface area contributed by atoms with Gasteiger partial charge in [-0.2, -0.15) is 18.3 Å². The number of nitrogens with zero attached hydrogens (tertiary/aromatic N) is 7. The summed E-state index contributed by atoms with van der Waals surface area (Å²) >= 11 is 0. The zero-order valence-corrected chi connectivity index (χ0v) is 24.8. The molecule has 0 saturated carbocycles. The molecule has 43 heavy (non-hydrogen) atoms. The van der Waals surface area contributed by atoms with Crippen LogP contribution in [-0.2, 0) is 30.6 Å². The van der Waals surface area contributed by atoms with E-state index in [4.69, 9.17) is 0 Å². The third-order valence-electron chi connectivity index (χ3n) is 7.13. The fourth-order valence-corrected chi connectivity index (χ4v) is 5.05. The van der Waals surface area contributed by atoms with Gasteiger partial charge in [0.1, 0.15) is 17.9 Å². The van der Waals surface area contributed by atoms with Gasteiger partial charge in [-0.15, -0.1) is 0 Å². The Morgan fingerprint density at radius 2 is 1.67 bits per heavy atom. The minimum absolute atomic E-state index is 0.0341. The Morgan fingerprint density at radius 3 is 2.33 bits per heavy atom. The number of amides is 1. The number of nitrogens with one attached hydrogen (secondary N) is 1. The van der Waals surface area contributed by atoms with Crippen molar-refractivity contribution in [1.82, 2.24) is 33.8 Å². The summed E-state index contributed by atoms with van der Waals surface area (Å²) in [6.07, 6.45) is 0.0814. The van der Waals surface area contributed by atoms with Crippen molar-refractivity contribution in [3.63, 3.8) is 0 Å². The van der Waals surface area contributed by atoms with E-state index >= 15 is 0 Å². The number of carbonyl (C=O) groups is 1. The molecule has 5 rings (SSSR count). The first-order chi connectivity index (χ1) is 20.6. The van der Waals surface area contributed by atoms with E-state index in [0.717, 1.165) is 12.1 Å². The monoisotopic (exact) mass is 602 g/mol. The van der Waals surface area contributed by atoms with Crippen LogP contribution < -0.4 is 16.1 Å². The third-order valence-corrected chi connectivity index (χ3v) is 7.13. The first-order valence-electron chi connectivity index (χ1n) is 14.6. The Balaban J connectivity index is 0.00000207. The van der Waals surface area contributed by atoms with Crippen LogP contribution in [0.4, 0.5) is 18.9 Å². The van der Waals surface area contributed by atoms with Crippen molar-refractivity contribution in [1.29, 1.82) is 0 Å². The standard InChI is InChI=1S/C27H31F3N8O3.C2H6/c1-3-8-37-24-22(25(40)38(9-4-2)26(37)41)32-23(33-24)18-15-31-36(16-18)17-21(39)35-12-10-34(11-13-35)20-7-5-6-19(14-20)27(28,29)30;1-2/h5-7,14-16H,3-4,8-13,17H2,1-2H3,(H,32,33);1-2H3. The number of hydrogen-bond donors (Lipinski definition) is 1. The Bertz CT molecular complexity index is 1680. The maximum Gasteiger partial charge on any atom is 0.416 e. The number of fused-ring (bicyclic) bond motifs is 1. The average molecular weight is 603 g/mol. The van der Waals surface area contributed by atoms with Crippen molar-refractivity contribution >= 4 is 22.8 Å². The van der Waals surface area contributed by atoms with Crippen molar-refractivity contribution in [3.8, 4) is 11.4 Å². The van der Waals surface area contributed by atoms with E-state index in [-0.39, 0.29) is 23.6 Å². The molecule has 0 bridgehead atoms. The Kier molecular flexibility index (Phi) is 9.77. The molecule has 1 fully saturated rings. The maximum atomic E-state index is 13.1. The van der Waals surface area contributed by atoms with Crippen LogP contribution in [0.15, 0.2) is 46.2 Å². The van der Waals surface area contributed by atoms with Crippen LogP contribution in [0.3, 0.4) is 0 Å². The zero-order chi connectivity index (χ0) is 31.3. The van der Waals surface area contributed by atoms with Crippen molar-refractivity contribution in [2.24, 2.45) is 0 Å². The number of anilines is 1. The summed E-state index contributed by atoms with van der Waals surface area (Å²) in [6, 6.07) is 5.19. The summed E-state index contributed by atoms with van der Waals surface area (Å²) in [5.74, 6) is 0.191. The van der Waals surface area contributed by atoms with Crippen LogP contribution in [0.2, 0.25) is 0 Å². The van der Waals surface area contributed by atoms with Crippen molar-refractivity contribution < 1.29 is 18.0 Å². The van der Waals surface area contributed by atoms with Gasteiger partial charge in [0.05, 0.1) is 17.3 Å². The van der Waals surface area contributed by atoms with Gasteiger partial charge in [0.2, 0.25) is 5.91 Å². The molecule has 1 N–H and O–H groups in total. The van der Waals surface area contributed by atoms with E-state index < -0.39 is 23.0 Å². The van der Waals surface area contributed by atoms with Gasteiger partial charge in [0, 0.05) is 51.2 Å². The summed E-state index contributed by atoms with van der Waals surface area (Å²) in [5, 5.41) is 4.28. The molecule has 11 nitrogen and oxygen atoms in total. The number of imidazole rings is 1. The molecule has 0 aliphatic carbocycles. The van der Waals surface area contributed by atoms with Crippen LogP contribution in [0.25, 0.3) is 22.6 Å². The number of aromatic amines is 1. The molecule has 0 atom stereocenters. The molecule has 1 aliphatic heterocycles. The highest BCUT2D eigenvalue weighted by molar-refractivity contribution is 5.77. The summed E-state index contributed by atoms with van der Waals surface area (Å²) in [6.45, 7) is 10.1. The van der Waals surface area contributed by atoms with Gasteiger partial charge in [-0.1, -0.05) is 33.8 Å². The minimum Gasteiger partial charge on any atom is -0.368 e. The van der Waals surface area contributed by atoms with Crippen molar-refractivity contribution in [2.45, 2.75) is 66.3 Å². The van der Waals surface area contributed by atoms with Gasteiger partial charge in [-0.25, -0.2) is 9.78 Å². The number of alkyl halides is 3. The first-order valence-corrected chi connectivity index (χ1v) is 14.6. The molecule has 0 spiro atoms. The van der Waals surface area contributed by atoms with Crippen LogP contribution in [0.1, 0.15) is 46.1 Å². The Hall–Kier alpha value is -4.36. The fraction of sp³-hybridized carbons (Fsp3) is 0.483. The number of hydrogen-bond acceptors (Lipinski definition) is 6. The highest BCUT2D eigenvalue weighted by atomic mass is 19.4. The van der Waals surface area contributed by atoms with Crippen LogP contribution in [-0.4, -0.2) is 65.9 Å². The third kappa shape index (κ3) is 6.67. The minimum atomic E-state index is -4.41. The van der Waals surface area contributed by atoms with Gasteiger partial charge >= 0.3 is 11.9 Å². The fourth-order valence-electron chi connectivity index (χ4n) is 5.05. The molecular weight excluding hydrogens is 565 g/mol. The molecule has 0 unspecified atom stereocenters. The van der Waals surface area contributed by atoms with Gasteiger partial charge in [-0.05, 0) is 31.0 Å². The van der Waals surface area contributed by atoms with Gasteiger partial charge in [0.15, 0.2) is 5.65 Å². The van der Waals surface area contributed by atoms with Crippen LogP contribution in [0.5, 0.6) is 0 Å². The number of rotatable bonds is 8. The summed E-state index contributed by atoms with van der Waals surface area (Å²) in [5.41, 5.74) is 0.0347. The SMILES string of the molecule is CC.CCCn1c(=O)c2[nH]c(-c3cnn(CC(=O)N4CCN(c5cccc(C(F)(F)F)c5)CC4)c3)nc2n(CCC)c1=O. The smallest absolute Gasteiger partial charge is 0.368 e. The molecule has 4 aromatic rings. The van der Waals surface area contributed by atoms with Crippen LogP contribution in [0, 0.1) is 0 Å². The number of carbonyl (C=O) groups excluding carboxylic acids is 1. The number of benzene rings is 1. The van der Waals surface area contributed by atoms with E-state index in [2.05, 4.69) is 15.1 Å². The Morgan fingerprint density at radius 1 is 1.00 bits per heavy atom. The topological polar surface area (TPSA) is 114 Å². The molecular formula is C29H37F3N8O3. The number of piperazine rings is 1. The second-order valence-electron chi connectivity index (χ2n) is 10.0. The predicted molar refractivity (Wildman–Crippen MR) is 158 cm³/mol. The maximum absolute atomic E-state index is 13.1. The van der Waals surface area contributed by atoms with Crippen molar-refractivity contribution in [3.05, 3.63) is 63.1 Å². The lowest BCUT2D eigenvalue weighted by atomic mass is 10.1. The van der Waals surface area contributed by atoms with E-state index in [0.29, 0.717) is 69.2 Å². The lowest BCUT2D eigenvalue weighted by molar-refractivity contribution is -0.137. The quantitative estimate of drug-likeness (QED) is 0.327. The first kappa shape index (κ1) is 31.6. The lowest BCUT2D eigenvalue weighted by Gasteiger charge is -2.36. The Labute approximate surface area is 246 Å². The van der Waals surface area contributed by atoms with E-state index in [1.807, 2.05) is 32.6 Å². The highest BCUT2D eigenvalue weighted by Gasteiger charge is 2.31. The molecule has 14 heteroatoms. The van der Waals surface area contributed by atoms with Crippen molar-refractivity contribution in [2.75, 3.05) is 31.1 Å². The summed E-state index contributed by atoms with van der Waals surface area (Å²) in [4.78, 5) is 50.0. The normalized spacial score (nSPS) is 13.7. The summed E-state index contributed by atoms with van der Waals surface area (Å²) in [7, 11) is 0. The molecule has 3 aromatic heterocycles. The summed E-state index contributed by atoms with van der Waals surface area (Å²) < 4.78 is 43.4. The number of aromatic nitrogens is 6. The highest BCUT2D eigenvalue weighted by Crippen LogP contribution is 2.32. The lowest BCUT2D eigenvalue weighted by Crippen LogP contribution is -2.49. The van der Waals surface area contributed by atoms with Gasteiger partial charge < -0.3 is 14.8 Å². The molecule has 1 saturated heterocycles.